The maximum Gasteiger partial charge on any atom is 0.408 e. The molecule has 6 nitrogen and oxygen atoms in total. The lowest BCUT2D eigenvalue weighted by molar-refractivity contribution is -0.142. The number of alkyl carbamates (subject to hydrolysis) is 1. The van der Waals surface area contributed by atoms with Crippen LogP contribution in [0, 0.1) is 6.92 Å². The third kappa shape index (κ3) is 6.63. The topological polar surface area (TPSA) is 84.9 Å². The van der Waals surface area contributed by atoms with Crippen molar-refractivity contribution < 1.29 is 23.9 Å². The second-order valence-corrected chi connectivity index (χ2v) is 14.4. The fourth-order valence-electron chi connectivity index (χ4n) is 2.41. The van der Waals surface area contributed by atoms with E-state index < -0.39 is 38.1 Å². The van der Waals surface area contributed by atoms with Crippen molar-refractivity contribution in [2.24, 2.45) is 0 Å². The van der Waals surface area contributed by atoms with Crippen molar-refractivity contribution in [2.75, 3.05) is 0 Å². The lowest BCUT2D eigenvalue weighted by atomic mass is 9.98. The maximum atomic E-state index is 12.3. The number of hydrogen-bond donors (Lipinski definition) is 2. The third-order valence-electron chi connectivity index (χ3n) is 4.96. The molecule has 1 amide bonds. The van der Waals surface area contributed by atoms with E-state index in [-0.39, 0.29) is 5.04 Å². The predicted molar refractivity (Wildman–Crippen MR) is 113 cm³/mol. The summed E-state index contributed by atoms with van der Waals surface area (Å²) in [5.74, 6) is -1.17. The number of ether oxygens (including phenoxy) is 1. The SMILES string of the molecule is Cc1ccccc1[C@H](O[Si](C)(C)C(C)(C)C)[C@H](NC(=O)OC(C)(C)C)C(=O)O. The van der Waals surface area contributed by atoms with Crippen LogP contribution in [0.4, 0.5) is 4.79 Å². The number of carboxylic acids is 1. The van der Waals surface area contributed by atoms with E-state index in [1.165, 1.54) is 0 Å². The van der Waals surface area contributed by atoms with Gasteiger partial charge in [0.1, 0.15) is 11.7 Å². The molecule has 0 aliphatic rings. The van der Waals surface area contributed by atoms with E-state index in [9.17, 15) is 14.7 Å². The van der Waals surface area contributed by atoms with E-state index in [1.807, 2.05) is 31.2 Å². The number of nitrogens with one attached hydrogen (secondary N) is 1. The first-order valence-electron chi connectivity index (χ1n) is 9.51. The van der Waals surface area contributed by atoms with Gasteiger partial charge in [-0.2, -0.15) is 0 Å². The zero-order valence-corrected chi connectivity index (χ0v) is 19.5. The summed E-state index contributed by atoms with van der Waals surface area (Å²) in [5, 5.41) is 12.3. The fraction of sp³-hybridized carbons (Fsp3) is 0.619. The van der Waals surface area contributed by atoms with E-state index in [4.69, 9.17) is 9.16 Å². The van der Waals surface area contributed by atoms with Gasteiger partial charge < -0.3 is 19.6 Å². The van der Waals surface area contributed by atoms with Crippen LogP contribution >= 0.6 is 0 Å². The van der Waals surface area contributed by atoms with Crippen molar-refractivity contribution >= 4 is 20.4 Å². The third-order valence-corrected chi connectivity index (χ3v) is 9.42. The summed E-state index contributed by atoms with van der Waals surface area (Å²) in [6.07, 6.45) is -1.61. The first-order valence-corrected chi connectivity index (χ1v) is 12.4. The van der Waals surface area contributed by atoms with Gasteiger partial charge in [0.15, 0.2) is 14.4 Å². The zero-order chi connectivity index (χ0) is 21.9. The minimum absolute atomic E-state index is 0.122. The van der Waals surface area contributed by atoms with E-state index in [0.29, 0.717) is 0 Å². The molecule has 0 spiro atoms. The lowest BCUT2D eigenvalue weighted by Crippen LogP contribution is -2.51. The van der Waals surface area contributed by atoms with Gasteiger partial charge in [0, 0.05) is 0 Å². The van der Waals surface area contributed by atoms with Crippen LogP contribution in [-0.4, -0.2) is 37.1 Å². The van der Waals surface area contributed by atoms with Crippen LogP contribution in [0.15, 0.2) is 24.3 Å². The molecule has 1 aromatic rings. The van der Waals surface area contributed by atoms with E-state index in [0.717, 1.165) is 11.1 Å². The minimum atomic E-state index is -2.34. The van der Waals surface area contributed by atoms with E-state index in [2.05, 4.69) is 39.2 Å². The Balaban J connectivity index is 3.36. The van der Waals surface area contributed by atoms with Crippen LogP contribution in [0.5, 0.6) is 0 Å². The molecule has 0 radical (unpaired) electrons. The molecule has 0 saturated carbocycles. The predicted octanol–water partition coefficient (Wildman–Crippen LogP) is 5.04. The van der Waals surface area contributed by atoms with Crippen LogP contribution in [0.3, 0.4) is 0 Å². The van der Waals surface area contributed by atoms with Crippen LogP contribution in [0.25, 0.3) is 0 Å². The number of carbonyl (C=O) groups is 2. The molecule has 0 aliphatic carbocycles. The highest BCUT2D eigenvalue weighted by atomic mass is 28.4. The van der Waals surface area contributed by atoms with Gasteiger partial charge in [0.05, 0.1) is 0 Å². The van der Waals surface area contributed by atoms with Crippen molar-refractivity contribution in [3.05, 3.63) is 35.4 Å². The van der Waals surface area contributed by atoms with E-state index >= 15 is 0 Å². The summed E-state index contributed by atoms with van der Waals surface area (Å²) in [6.45, 7) is 17.5. The molecule has 1 aromatic carbocycles. The quantitative estimate of drug-likeness (QED) is 0.643. The molecule has 0 fully saturated rings. The lowest BCUT2D eigenvalue weighted by Gasteiger charge is -2.41. The van der Waals surface area contributed by atoms with Crippen LogP contribution in [0.2, 0.25) is 18.1 Å². The van der Waals surface area contributed by atoms with Gasteiger partial charge in [-0.05, 0) is 57.0 Å². The molecule has 28 heavy (non-hydrogen) atoms. The highest BCUT2D eigenvalue weighted by Gasteiger charge is 2.43. The molecular formula is C21H35NO5Si. The standard InChI is InChI=1S/C21H35NO5Si/c1-14-12-10-11-13-15(14)17(27-28(8,9)21(5,6)7)16(18(23)24)22-19(25)26-20(2,3)4/h10-13,16-17H,1-9H3,(H,22,25)(H,23,24)/t16-,17-/m0/s1. The van der Waals surface area contributed by atoms with Crippen LogP contribution < -0.4 is 5.32 Å². The van der Waals surface area contributed by atoms with Gasteiger partial charge in [-0.15, -0.1) is 0 Å². The fourth-order valence-corrected chi connectivity index (χ4v) is 3.66. The number of hydrogen-bond acceptors (Lipinski definition) is 4. The Bertz CT molecular complexity index is 703. The summed E-state index contributed by atoms with van der Waals surface area (Å²) in [5.41, 5.74) is 0.921. The second kappa shape index (κ2) is 8.65. The van der Waals surface area contributed by atoms with Crippen molar-refractivity contribution in [2.45, 2.75) is 84.3 Å². The summed E-state index contributed by atoms with van der Waals surface area (Å²) < 4.78 is 11.8. The number of aliphatic carboxylic acids is 1. The molecule has 0 heterocycles. The molecule has 0 aromatic heterocycles. The molecule has 0 unspecified atom stereocenters. The monoisotopic (exact) mass is 409 g/mol. The smallest absolute Gasteiger partial charge is 0.408 e. The molecule has 2 atom stereocenters. The Morgan fingerprint density at radius 1 is 1.07 bits per heavy atom. The molecule has 0 bridgehead atoms. The van der Waals surface area contributed by atoms with Gasteiger partial charge in [0.2, 0.25) is 0 Å². The van der Waals surface area contributed by atoms with Gasteiger partial charge in [-0.3, -0.25) is 0 Å². The largest absolute Gasteiger partial charge is 0.480 e. The summed E-state index contributed by atoms with van der Waals surface area (Å²) in [4.78, 5) is 24.4. The number of amides is 1. The molecule has 0 saturated heterocycles. The number of carbonyl (C=O) groups excluding carboxylic acids is 1. The van der Waals surface area contributed by atoms with Crippen molar-refractivity contribution in [3.8, 4) is 0 Å². The Labute approximate surface area is 169 Å². The van der Waals surface area contributed by atoms with Gasteiger partial charge >= 0.3 is 12.1 Å². The second-order valence-electron chi connectivity index (χ2n) is 9.62. The first kappa shape index (κ1) is 24.2. The summed E-state index contributed by atoms with van der Waals surface area (Å²) in [7, 11) is -2.34. The highest BCUT2D eigenvalue weighted by molar-refractivity contribution is 6.74. The summed E-state index contributed by atoms with van der Waals surface area (Å²) in [6, 6.07) is 6.21. The van der Waals surface area contributed by atoms with E-state index in [1.54, 1.807) is 20.8 Å². The molecular weight excluding hydrogens is 374 g/mol. The van der Waals surface area contributed by atoms with Crippen molar-refractivity contribution in [1.82, 2.24) is 5.32 Å². The van der Waals surface area contributed by atoms with Crippen LogP contribution in [-0.2, 0) is 14.0 Å². The molecule has 2 N–H and O–H groups in total. The van der Waals surface area contributed by atoms with Gasteiger partial charge in [0.25, 0.3) is 0 Å². The van der Waals surface area contributed by atoms with Gasteiger partial charge in [-0.1, -0.05) is 45.0 Å². The minimum Gasteiger partial charge on any atom is -0.480 e. The average molecular weight is 410 g/mol. The van der Waals surface area contributed by atoms with Crippen molar-refractivity contribution in [3.63, 3.8) is 0 Å². The Morgan fingerprint density at radius 3 is 2.04 bits per heavy atom. The summed E-state index contributed by atoms with van der Waals surface area (Å²) >= 11 is 0. The molecule has 1 rings (SSSR count). The number of carboxylic acid groups (broad SMARTS) is 1. The normalized spacial score (nSPS) is 14.9. The highest BCUT2D eigenvalue weighted by Crippen LogP contribution is 2.41. The molecule has 158 valence electrons. The Morgan fingerprint density at radius 2 is 1.61 bits per heavy atom. The number of benzene rings is 1. The average Bonchev–Trinajstić information content (AvgIpc) is 2.48. The Kier molecular flexibility index (Phi) is 7.47. The maximum absolute atomic E-state index is 12.3. The number of rotatable bonds is 6. The molecule has 7 heteroatoms. The van der Waals surface area contributed by atoms with Crippen molar-refractivity contribution in [1.29, 1.82) is 0 Å². The zero-order valence-electron chi connectivity index (χ0n) is 18.5. The number of aryl methyl sites for hydroxylation is 1. The Hall–Kier alpha value is -1.86. The first-order chi connectivity index (χ1) is 12.5. The van der Waals surface area contributed by atoms with Crippen LogP contribution in [0.1, 0.15) is 58.8 Å². The molecule has 0 aliphatic heterocycles. The van der Waals surface area contributed by atoms with Gasteiger partial charge in [-0.25, -0.2) is 9.59 Å².